The van der Waals surface area contributed by atoms with Gasteiger partial charge in [-0.2, -0.15) is 0 Å². The number of aliphatic carboxylic acids is 2. The maximum Gasteiger partial charge on any atom is 0.335 e. The van der Waals surface area contributed by atoms with Gasteiger partial charge in [-0.05, 0) is 49.4 Å². The average Bonchev–Trinajstić information content (AvgIpc) is 3.45. The minimum atomic E-state index is -1.47. The number of hydrogen-bond donors (Lipinski definition) is 8. The van der Waals surface area contributed by atoms with Crippen LogP contribution in [0.3, 0.4) is 0 Å². The largest absolute Gasteiger partial charge is 0.480 e. The molecule has 1 saturated heterocycles. The molecule has 0 saturated carbocycles. The highest BCUT2D eigenvalue weighted by molar-refractivity contribution is 8.00. The molecule has 19 nitrogen and oxygen atoms in total. The molecule has 1 aromatic carbocycles. The van der Waals surface area contributed by atoms with Gasteiger partial charge >= 0.3 is 17.9 Å². The number of carboxylic acid groups (broad SMARTS) is 3. The summed E-state index contributed by atoms with van der Waals surface area (Å²) in [7, 11) is 3.16. The molecule has 20 heteroatoms. The van der Waals surface area contributed by atoms with E-state index in [1.54, 1.807) is 47.0 Å². The molecule has 0 aliphatic carbocycles. The number of nitrogens with one attached hydrogen (secondary N) is 4. The van der Waals surface area contributed by atoms with Crippen LogP contribution in [-0.4, -0.2) is 147 Å². The third-order valence-electron chi connectivity index (χ3n) is 10.7. The third kappa shape index (κ3) is 14.4. The summed E-state index contributed by atoms with van der Waals surface area (Å²) in [5.41, 5.74) is 4.75. The van der Waals surface area contributed by atoms with Crippen LogP contribution in [-0.2, 0) is 43.8 Å². The number of rotatable bonds is 23. The van der Waals surface area contributed by atoms with Gasteiger partial charge < -0.3 is 47.2 Å². The molecule has 1 aromatic rings. The summed E-state index contributed by atoms with van der Waals surface area (Å²) in [6.07, 6.45) is 0.795. The number of imide groups is 1. The second kappa shape index (κ2) is 22.7. The first kappa shape index (κ1) is 52.8. The highest BCUT2D eigenvalue weighted by atomic mass is 32.2. The van der Waals surface area contributed by atoms with Gasteiger partial charge in [-0.1, -0.05) is 66.7 Å². The summed E-state index contributed by atoms with van der Waals surface area (Å²) in [4.78, 5) is 116. The highest BCUT2D eigenvalue weighted by Crippen LogP contribution is 2.30. The van der Waals surface area contributed by atoms with Crippen molar-refractivity contribution in [2.24, 2.45) is 17.1 Å². The fraction of sp³-hybridized carbons (Fsp3) is 0.595. The standard InChI is InChI=1S/C42H63N7O12S/c1-22(2)28(48(10)37(55)33(41(4,5)6)47-35(53)32(44-9)42(7,8)25-13-11-24(12-14-25)38(56)57)19-23(3)34(52)46-27(40(60)61)15-16-30(50)45-17-18-49-31(51)20-29(36(49)54)62-21-26(43)39(58)59/h11-14,19,22,26-29,32-33,44H,15-18,20-21,43H2,1-10H3,(H,45,50)(H,46,52)(H,47,53)(H,56,57)(H,58,59)(H,60,61)/b23-19+/t26-,27+,28+,29?,32+,33?/m0/s1. The van der Waals surface area contributed by atoms with Crippen LogP contribution in [0.4, 0.5) is 0 Å². The Kier molecular flexibility index (Phi) is 19.3. The molecule has 1 fully saturated rings. The molecule has 62 heavy (non-hydrogen) atoms. The number of carboxylic acids is 3. The van der Waals surface area contributed by atoms with E-state index in [9.17, 15) is 53.4 Å². The van der Waals surface area contributed by atoms with E-state index in [2.05, 4.69) is 21.3 Å². The fourth-order valence-corrected chi connectivity index (χ4v) is 7.96. The minimum Gasteiger partial charge on any atom is -0.480 e. The molecule has 1 aliphatic rings. The summed E-state index contributed by atoms with van der Waals surface area (Å²) in [5, 5.41) is 38.3. The van der Waals surface area contributed by atoms with Gasteiger partial charge in [0.25, 0.3) is 0 Å². The first-order valence-corrected chi connectivity index (χ1v) is 21.2. The Morgan fingerprint density at radius 1 is 0.952 bits per heavy atom. The average molecular weight is 890 g/mol. The summed E-state index contributed by atoms with van der Waals surface area (Å²) >= 11 is 0.966. The fourth-order valence-electron chi connectivity index (χ4n) is 6.85. The molecular weight excluding hydrogens is 827 g/mol. The predicted octanol–water partition coefficient (Wildman–Crippen LogP) is 0.949. The van der Waals surface area contributed by atoms with E-state index in [0.717, 1.165) is 16.7 Å². The Morgan fingerprint density at radius 2 is 1.55 bits per heavy atom. The van der Waals surface area contributed by atoms with E-state index < -0.39 is 99.6 Å². The lowest BCUT2D eigenvalue weighted by Crippen LogP contribution is -2.61. The van der Waals surface area contributed by atoms with Crippen LogP contribution in [0.2, 0.25) is 0 Å². The number of amides is 6. The van der Waals surface area contributed by atoms with Gasteiger partial charge in [-0.15, -0.1) is 11.8 Å². The topological polar surface area (TPSA) is 295 Å². The van der Waals surface area contributed by atoms with Crippen molar-refractivity contribution >= 4 is 65.1 Å². The maximum atomic E-state index is 14.3. The zero-order chi connectivity index (χ0) is 47.4. The molecule has 0 spiro atoms. The Balaban J connectivity index is 2.10. The number of likely N-dealkylation sites (N-methyl/N-ethyl adjacent to an activating group) is 2. The quantitative estimate of drug-likeness (QED) is 0.0561. The molecule has 1 aliphatic heterocycles. The van der Waals surface area contributed by atoms with Gasteiger partial charge in [0, 0.05) is 49.7 Å². The van der Waals surface area contributed by atoms with Crippen molar-refractivity contribution < 1.29 is 58.5 Å². The number of aromatic carboxylic acids is 1. The second-order valence-electron chi connectivity index (χ2n) is 17.3. The molecule has 6 atom stereocenters. The van der Waals surface area contributed by atoms with Gasteiger partial charge in [0.1, 0.15) is 18.1 Å². The van der Waals surface area contributed by atoms with Crippen LogP contribution < -0.4 is 27.0 Å². The van der Waals surface area contributed by atoms with Crippen molar-refractivity contribution in [2.45, 2.75) is 116 Å². The summed E-state index contributed by atoms with van der Waals surface area (Å²) in [6.45, 7) is 13.9. The van der Waals surface area contributed by atoms with Crippen LogP contribution in [0.1, 0.15) is 90.6 Å². The Bertz CT molecular complexity index is 1880. The Labute approximate surface area is 366 Å². The first-order chi connectivity index (χ1) is 28.6. The highest BCUT2D eigenvalue weighted by Gasteiger charge is 2.42. The Morgan fingerprint density at radius 3 is 2.05 bits per heavy atom. The van der Waals surface area contributed by atoms with Crippen molar-refractivity contribution in [1.82, 2.24) is 31.1 Å². The van der Waals surface area contributed by atoms with Gasteiger partial charge in [0.15, 0.2) is 0 Å². The third-order valence-corrected chi connectivity index (χ3v) is 12.0. The van der Waals surface area contributed by atoms with E-state index in [1.807, 2.05) is 27.7 Å². The number of nitrogens with zero attached hydrogens (tertiary/aromatic N) is 2. The van der Waals surface area contributed by atoms with Crippen LogP contribution >= 0.6 is 11.8 Å². The normalized spacial score (nSPS) is 17.1. The summed E-state index contributed by atoms with van der Waals surface area (Å²) in [6, 6.07) is 0.987. The Hall–Kier alpha value is -5.34. The number of thioether (sulfide) groups is 1. The number of carbonyl (C=O) groups excluding carboxylic acids is 6. The van der Waals surface area contributed by atoms with Crippen molar-refractivity contribution in [3.05, 3.63) is 47.0 Å². The maximum absolute atomic E-state index is 14.3. The molecule has 6 amide bonds. The van der Waals surface area contributed by atoms with Gasteiger partial charge in [-0.3, -0.25) is 38.5 Å². The number of hydrogen-bond acceptors (Lipinski definition) is 12. The van der Waals surface area contributed by atoms with Crippen LogP contribution in [0.25, 0.3) is 0 Å². The molecule has 2 unspecified atom stereocenters. The predicted molar refractivity (Wildman–Crippen MR) is 231 cm³/mol. The molecule has 0 aromatic heterocycles. The summed E-state index contributed by atoms with van der Waals surface area (Å²) in [5.74, 6) is -7.28. The van der Waals surface area contributed by atoms with E-state index in [1.165, 1.54) is 30.0 Å². The smallest absolute Gasteiger partial charge is 0.335 e. The van der Waals surface area contributed by atoms with Crippen molar-refractivity contribution in [2.75, 3.05) is 32.9 Å². The first-order valence-electron chi connectivity index (χ1n) is 20.2. The zero-order valence-electron chi connectivity index (χ0n) is 37.1. The molecular formula is C42H63N7O12S. The van der Waals surface area contributed by atoms with E-state index in [-0.39, 0.29) is 55.2 Å². The van der Waals surface area contributed by atoms with Gasteiger partial charge in [0.05, 0.1) is 22.9 Å². The molecule has 1 heterocycles. The lowest BCUT2D eigenvalue weighted by Gasteiger charge is -2.40. The van der Waals surface area contributed by atoms with Crippen LogP contribution in [0, 0.1) is 11.3 Å². The van der Waals surface area contributed by atoms with E-state index in [0.29, 0.717) is 5.56 Å². The van der Waals surface area contributed by atoms with E-state index >= 15 is 0 Å². The van der Waals surface area contributed by atoms with Crippen molar-refractivity contribution in [3.8, 4) is 0 Å². The van der Waals surface area contributed by atoms with Crippen molar-refractivity contribution in [1.29, 1.82) is 0 Å². The minimum absolute atomic E-state index is 0.0657. The van der Waals surface area contributed by atoms with Gasteiger partial charge in [-0.25, -0.2) is 9.59 Å². The molecule has 2 rings (SSSR count). The molecule has 9 N–H and O–H groups in total. The molecule has 0 bridgehead atoms. The SMILES string of the molecule is CN[C@H](C(=O)NC(C(=O)N(C)[C@H](/C=C(\C)C(=O)N[C@H](CCC(=O)NCCN1C(=O)CC(SC[C@H](N)C(=O)O)C1=O)C(=O)O)C(C)C)C(C)(C)C)C(C)(C)c1ccc(C(=O)O)cc1. The van der Waals surface area contributed by atoms with Gasteiger partial charge in [0.2, 0.25) is 35.4 Å². The zero-order valence-corrected chi connectivity index (χ0v) is 37.9. The lowest BCUT2D eigenvalue weighted by atomic mass is 9.76. The van der Waals surface area contributed by atoms with Crippen LogP contribution in [0.5, 0.6) is 0 Å². The number of benzene rings is 1. The summed E-state index contributed by atoms with van der Waals surface area (Å²) < 4.78 is 0. The molecule has 0 radical (unpaired) electrons. The number of likely N-dealkylation sites (tertiary alicyclic amines) is 1. The monoisotopic (exact) mass is 889 g/mol. The van der Waals surface area contributed by atoms with E-state index in [4.69, 9.17) is 10.8 Å². The number of carbonyl (C=O) groups is 9. The van der Waals surface area contributed by atoms with Crippen molar-refractivity contribution in [3.63, 3.8) is 0 Å². The lowest BCUT2D eigenvalue weighted by molar-refractivity contribution is -0.142. The second-order valence-corrected chi connectivity index (χ2v) is 18.5. The molecule has 344 valence electrons. The van der Waals surface area contributed by atoms with Crippen LogP contribution in [0.15, 0.2) is 35.9 Å². The number of nitrogens with two attached hydrogens (primary N) is 1.